The van der Waals surface area contributed by atoms with Gasteiger partial charge in [-0.2, -0.15) is 0 Å². The molecule has 1 aromatic carbocycles. The maximum Gasteiger partial charge on any atom is 0.263 e. The number of aromatic nitrogens is 2. The van der Waals surface area contributed by atoms with Gasteiger partial charge in [-0.1, -0.05) is 18.2 Å². The first-order valence-electron chi connectivity index (χ1n) is 10.1. The Morgan fingerprint density at radius 1 is 1.38 bits per heavy atom. The number of para-hydroxylation sites is 1. The summed E-state index contributed by atoms with van der Waals surface area (Å²) in [7, 11) is 3.46. The number of rotatable bonds is 7. The maximum atomic E-state index is 12.7. The Labute approximate surface area is 171 Å². The van der Waals surface area contributed by atoms with Crippen LogP contribution in [0.15, 0.2) is 35.3 Å². The van der Waals surface area contributed by atoms with Crippen LogP contribution in [-0.2, 0) is 6.42 Å². The van der Waals surface area contributed by atoms with E-state index in [0.717, 1.165) is 44.6 Å². The van der Waals surface area contributed by atoms with Crippen LogP contribution in [0.2, 0.25) is 0 Å². The lowest BCUT2D eigenvalue weighted by atomic mass is 9.96. The van der Waals surface area contributed by atoms with E-state index in [1.807, 2.05) is 18.2 Å². The second kappa shape index (κ2) is 9.69. The topological polar surface area (TPSA) is 78.5 Å². The highest BCUT2D eigenvalue weighted by Crippen LogP contribution is 2.21. The maximum absolute atomic E-state index is 12.7. The minimum Gasteiger partial charge on any atom is -0.496 e. The van der Waals surface area contributed by atoms with E-state index in [1.54, 1.807) is 26.0 Å². The van der Waals surface area contributed by atoms with Gasteiger partial charge in [0, 0.05) is 32.9 Å². The molecule has 0 bridgehead atoms. The number of aromatic amines is 1. The summed E-state index contributed by atoms with van der Waals surface area (Å²) in [5.41, 5.74) is 0.939. The minimum absolute atomic E-state index is 0.0990. The summed E-state index contributed by atoms with van der Waals surface area (Å²) in [5, 5.41) is 0. The van der Waals surface area contributed by atoms with E-state index < -0.39 is 0 Å². The molecule has 0 aliphatic carbocycles. The highest BCUT2D eigenvalue weighted by Gasteiger charge is 2.24. The number of nitrogens with zero attached hydrogens (tertiary/aromatic N) is 3. The second-order valence-electron chi connectivity index (χ2n) is 7.77. The standard InChI is InChI=1S/C22H30N4O3/c1-16-23-13-19(21(27)24-16)22(28)25(2)14-17-7-6-11-26(15-17)12-10-18-8-4-5-9-20(18)29-3/h4-5,8-9,13,17H,6-7,10-12,14-15H2,1-3H3,(H,23,24,27). The Morgan fingerprint density at radius 3 is 2.93 bits per heavy atom. The molecule has 3 rings (SSSR count). The number of carbonyl (C=O) groups is 1. The SMILES string of the molecule is COc1ccccc1CCN1CCCC(CN(C)C(=O)c2cnc(C)[nH]c2=O)C1. The predicted molar refractivity (Wildman–Crippen MR) is 112 cm³/mol. The third-order valence-electron chi connectivity index (χ3n) is 5.53. The molecule has 1 aliphatic heterocycles. The Kier molecular flexibility index (Phi) is 7.04. The Bertz CT molecular complexity index is 896. The van der Waals surface area contributed by atoms with Crippen LogP contribution in [-0.4, -0.2) is 66.0 Å². The molecular weight excluding hydrogens is 368 g/mol. The first kappa shape index (κ1) is 21.0. The van der Waals surface area contributed by atoms with Crippen LogP contribution in [0.25, 0.3) is 0 Å². The molecule has 0 spiro atoms. The lowest BCUT2D eigenvalue weighted by molar-refractivity contribution is 0.0728. The van der Waals surface area contributed by atoms with Crippen molar-refractivity contribution in [1.29, 1.82) is 0 Å². The number of amides is 1. The Balaban J connectivity index is 1.55. The smallest absolute Gasteiger partial charge is 0.263 e. The van der Waals surface area contributed by atoms with Gasteiger partial charge < -0.3 is 19.5 Å². The molecule has 1 aromatic heterocycles. The van der Waals surface area contributed by atoms with Crippen LogP contribution in [0.4, 0.5) is 0 Å². The molecule has 2 aromatic rings. The van der Waals surface area contributed by atoms with E-state index in [4.69, 9.17) is 4.74 Å². The Hall–Kier alpha value is -2.67. The zero-order chi connectivity index (χ0) is 20.8. The summed E-state index contributed by atoms with van der Waals surface area (Å²) < 4.78 is 5.45. The molecule has 2 heterocycles. The van der Waals surface area contributed by atoms with E-state index in [1.165, 1.54) is 11.8 Å². The second-order valence-corrected chi connectivity index (χ2v) is 7.77. The fraction of sp³-hybridized carbons (Fsp3) is 0.500. The molecule has 156 valence electrons. The number of hydrogen-bond acceptors (Lipinski definition) is 5. The third-order valence-corrected chi connectivity index (χ3v) is 5.53. The van der Waals surface area contributed by atoms with E-state index in [0.29, 0.717) is 18.3 Å². The largest absolute Gasteiger partial charge is 0.496 e. The van der Waals surface area contributed by atoms with E-state index >= 15 is 0 Å². The van der Waals surface area contributed by atoms with E-state index in [9.17, 15) is 9.59 Å². The van der Waals surface area contributed by atoms with Gasteiger partial charge in [0.25, 0.3) is 11.5 Å². The summed E-state index contributed by atoms with van der Waals surface area (Å²) in [6.07, 6.45) is 4.51. The normalized spacial score (nSPS) is 17.1. The number of piperidine rings is 1. The van der Waals surface area contributed by atoms with Crippen LogP contribution in [0, 0.1) is 12.8 Å². The molecule has 1 saturated heterocycles. The number of hydrogen-bond donors (Lipinski definition) is 1. The molecule has 1 atom stereocenters. The quantitative estimate of drug-likeness (QED) is 0.773. The van der Waals surface area contributed by atoms with Gasteiger partial charge in [0.2, 0.25) is 0 Å². The lowest BCUT2D eigenvalue weighted by Crippen LogP contribution is -2.43. The van der Waals surface area contributed by atoms with Gasteiger partial charge in [0.1, 0.15) is 17.1 Å². The number of nitrogens with one attached hydrogen (secondary N) is 1. The van der Waals surface area contributed by atoms with Gasteiger partial charge in [0.15, 0.2) is 0 Å². The molecule has 1 fully saturated rings. The van der Waals surface area contributed by atoms with Crippen LogP contribution < -0.4 is 10.3 Å². The van der Waals surface area contributed by atoms with Crippen molar-refractivity contribution in [2.45, 2.75) is 26.2 Å². The fourth-order valence-corrected chi connectivity index (χ4v) is 4.00. The molecule has 7 heteroatoms. The lowest BCUT2D eigenvalue weighted by Gasteiger charge is -2.34. The van der Waals surface area contributed by atoms with Gasteiger partial charge in [-0.15, -0.1) is 0 Å². The average Bonchev–Trinajstić information content (AvgIpc) is 2.72. The molecule has 0 saturated carbocycles. The van der Waals surface area contributed by atoms with Gasteiger partial charge in [0.05, 0.1) is 7.11 Å². The summed E-state index contributed by atoms with van der Waals surface area (Å²) in [6.45, 7) is 5.33. The third kappa shape index (κ3) is 5.44. The zero-order valence-electron chi connectivity index (χ0n) is 17.5. The van der Waals surface area contributed by atoms with Gasteiger partial charge >= 0.3 is 0 Å². The van der Waals surface area contributed by atoms with Gasteiger partial charge in [-0.3, -0.25) is 9.59 Å². The minimum atomic E-state index is -0.378. The van der Waals surface area contributed by atoms with Crippen LogP contribution in [0.5, 0.6) is 5.75 Å². The van der Waals surface area contributed by atoms with Crippen molar-refractivity contribution >= 4 is 5.91 Å². The average molecular weight is 399 g/mol. The zero-order valence-corrected chi connectivity index (χ0v) is 17.5. The molecule has 29 heavy (non-hydrogen) atoms. The number of benzene rings is 1. The first-order chi connectivity index (χ1) is 14.0. The molecule has 7 nitrogen and oxygen atoms in total. The predicted octanol–water partition coefficient (Wildman–Crippen LogP) is 2.11. The highest BCUT2D eigenvalue weighted by atomic mass is 16.5. The molecule has 1 unspecified atom stereocenters. The van der Waals surface area contributed by atoms with Crippen molar-refractivity contribution in [3.63, 3.8) is 0 Å². The van der Waals surface area contributed by atoms with Crippen molar-refractivity contribution in [3.8, 4) is 5.75 Å². The number of ether oxygens (including phenoxy) is 1. The number of carbonyl (C=O) groups excluding carboxylic acids is 1. The fourth-order valence-electron chi connectivity index (χ4n) is 4.00. The summed E-state index contributed by atoms with van der Waals surface area (Å²) in [4.78, 5) is 35.4. The molecule has 0 radical (unpaired) electrons. The number of methoxy groups -OCH3 is 1. The van der Waals surface area contributed by atoms with Crippen molar-refractivity contribution < 1.29 is 9.53 Å². The van der Waals surface area contributed by atoms with Gasteiger partial charge in [-0.05, 0) is 50.3 Å². The van der Waals surface area contributed by atoms with Crippen LogP contribution in [0.3, 0.4) is 0 Å². The highest BCUT2D eigenvalue weighted by molar-refractivity contribution is 5.93. The van der Waals surface area contributed by atoms with E-state index in [2.05, 4.69) is 20.9 Å². The van der Waals surface area contributed by atoms with Crippen LogP contribution in [0.1, 0.15) is 34.6 Å². The van der Waals surface area contributed by atoms with Crippen molar-refractivity contribution in [1.82, 2.24) is 19.8 Å². The van der Waals surface area contributed by atoms with Crippen molar-refractivity contribution in [2.24, 2.45) is 5.92 Å². The summed E-state index contributed by atoms with van der Waals surface area (Å²) >= 11 is 0. The van der Waals surface area contributed by atoms with Gasteiger partial charge in [-0.25, -0.2) is 4.98 Å². The van der Waals surface area contributed by atoms with Crippen molar-refractivity contribution in [2.75, 3.05) is 40.3 Å². The first-order valence-corrected chi connectivity index (χ1v) is 10.1. The summed E-state index contributed by atoms with van der Waals surface area (Å²) in [6, 6.07) is 8.14. The number of aryl methyl sites for hydroxylation is 1. The van der Waals surface area contributed by atoms with Crippen molar-refractivity contribution in [3.05, 3.63) is 57.8 Å². The Morgan fingerprint density at radius 2 is 2.17 bits per heavy atom. The molecule has 1 aliphatic rings. The number of H-pyrrole nitrogens is 1. The van der Waals surface area contributed by atoms with E-state index in [-0.39, 0.29) is 17.0 Å². The number of likely N-dealkylation sites (tertiary alicyclic amines) is 1. The molecular formula is C22H30N4O3. The summed E-state index contributed by atoms with van der Waals surface area (Å²) in [5.74, 6) is 1.56. The monoisotopic (exact) mass is 398 g/mol. The molecule has 1 amide bonds. The molecule has 1 N–H and O–H groups in total. The van der Waals surface area contributed by atoms with Crippen LogP contribution >= 0.6 is 0 Å².